The minimum atomic E-state index is 0.201. The number of rotatable bonds is 5. The fourth-order valence-electron chi connectivity index (χ4n) is 0.916. The number of methoxy groups -OCH3 is 1. The number of nitrogens with zero attached hydrogens (tertiary/aromatic N) is 1. The number of carbonyl (C=O) groups excluding carboxylic acids is 1. The van der Waals surface area contributed by atoms with Gasteiger partial charge in [-0.3, -0.25) is 4.79 Å². The predicted molar refractivity (Wildman–Crippen MR) is 38.9 cm³/mol. The Kier molecular flexibility index (Phi) is 3.32. The first-order valence-corrected chi connectivity index (χ1v) is 3.60. The van der Waals surface area contributed by atoms with Crippen molar-refractivity contribution in [1.82, 2.24) is 4.90 Å². The van der Waals surface area contributed by atoms with Crippen molar-refractivity contribution < 1.29 is 14.3 Å². The largest absolute Gasteiger partial charge is 0.382 e. The van der Waals surface area contributed by atoms with Crippen molar-refractivity contribution in [3.63, 3.8) is 0 Å². The monoisotopic (exact) mass is 158 g/mol. The van der Waals surface area contributed by atoms with Crippen molar-refractivity contribution in [1.29, 1.82) is 0 Å². The molecule has 4 heteroatoms. The van der Waals surface area contributed by atoms with Gasteiger partial charge in [-0.25, -0.2) is 0 Å². The normalized spacial score (nSPS) is 18.1. The second-order valence-corrected chi connectivity index (χ2v) is 2.48. The summed E-state index contributed by atoms with van der Waals surface area (Å²) in [5.74, 6) is 0. The van der Waals surface area contributed by atoms with Crippen molar-refractivity contribution in [3.8, 4) is 0 Å². The van der Waals surface area contributed by atoms with Gasteiger partial charge in [0, 0.05) is 20.2 Å². The molecule has 0 aromatic rings. The van der Waals surface area contributed by atoms with Crippen LogP contribution in [-0.4, -0.2) is 50.8 Å². The molecule has 1 rings (SSSR count). The maximum atomic E-state index is 9.98. The van der Waals surface area contributed by atoms with E-state index in [-0.39, 0.29) is 6.10 Å². The average molecular weight is 158 g/mol. The minimum absolute atomic E-state index is 0.201. The van der Waals surface area contributed by atoms with Crippen molar-refractivity contribution in [3.05, 3.63) is 0 Å². The van der Waals surface area contributed by atoms with Crippen LogP contribution >= 0.6 is 0 Å². The van der Waals surface area contributed by atoms with Gasteiger partial charge < -0.3 is 14.4 Å². The van der Waals surface area contributed by atoms with Crippen LogP contribution in [0.2, 0.25) is 0 Å². The number of hydrogen-bond donors (Lipinski definition) is 0. The first kappa shape index (κ1) is 8.49. The van der Waals surface area contributed by atoms with E-state index in [2.05, 4.69) is 0 Å². The fraction of sp³-hybridized carbons (Fsp3) is 0.857. The Morgan fingerprint density at radius 2 is 2.27 bits per heavy atom. The van der Waals surface area contributed by atoms with Gasteiger partial charge in [0.1, 0.15) is 0 Å². The van der Waals surface area contributed by atoms with Crippen LogP contribution in [0.5, 0.6) is 0 Å². The number of ether oxygens (including phenoxy) is 2. The Labute approximate surface area is 66.1 Å². The quantitative estimate of drug-likeness (QED) is 0.501. The lowest BCUT2D eigenvalue weighted by Gasteiger charge is -2.34. The number of amides is 1. The van der Waals surface area contributed by atoms with Crippen molar-refractivity contribution in [2.45, 2.75) is 6.10 Å². The molecule has 0 atom stereocenters. The van der Waals surface area contributed by atoms with E-state index in [4.69, 9.17) is 9.47 Å². The first-order valence-electron chi connectivity index (χ1n) is 3.60. The summed E-state index contributed by atoms with van der Waals surface area (Å²) in [5, 5.41) is 0. The van der Waals surface area contributed by atoms with Crippen LogP contribution in [-0.2, 0) is 14.3 Å². The summed E-state index contributed by atoms with van der Waals surface area (Å²) < 4.78 is 10.1. The van der Waals surface area contributed by atoms with E-state index in [0.29, 0.717) is 26.3 Å². The van der Waals surface area contributed by atoms with Gasteiger partial charge in [0.15, 0.2) is 0 Å². The zero-order chi connectivity index (χ0) is 8.10. The summed E-state index contributed by atoms with van der Waals surface area (Å²) in [5.41, 5.74) is 0. The lowest BCUT2D eigenvalue weighted by molar-refractivity contribution is -0.0431. The Hall–Kier alpha value is -0.610. The van der Waals surface area contributed by atoms with E-state index < -0.39 is 0 Å². The highest BCUT2D eigenvalue weighted by atomic mass is 16.5. The summed E-state index contributed by atoms with van der Waals surface area (Å²) in [4.78, 5) is 11.5. The molecule has 1 radical (unpaired) electrons. The van der Waals surface area contributed by atoms with Crippen LogP contribution in [0.4, 0.5) is 0 Å². The van der Waals surface area contributed by atoms with Crippen molar-refractivity contribution in [2.75, 3.05) is 33.4 Å². The summed E-state index contributed by atoms with van der Waals surface area (Å²) in [6.45, 7) is 2.57. The van der Waals surface area contributed by atoms with Gasteiger partial charge in [-0.15, -0.1) is 0 Å². The second-order valence-electron chi connectivity index (χ2n) is 2.48. The van der Waals surface area contributed by atoms with Crippen molar-refractivity contribution in [2.24, 2.45) is 0 Å². The maximum Gasteiger partial charge on any atom is 0.312 e. The molecule has 1 fully saturated rings. The Morgan fingerprint density at radius 3 is 2.82 bits per heavy atom. The summed E-state index contributed by atoms with van der Waals surface area (Å²) in [7, 11) is 1.63. The van der Waals surface area contributed by atoms with E-state index in [9.17, 15) is 4.79 Å². The van der Waals surface area contributed by atoms with Crippen LogP contribution in [0.15, 0.2) is 0 Å². The first-order chi connectivity index (χ1) is 5.36. The third-order valence-corrected chi connectivity index (χ3v) is 1.62. The molecule has 1 saturated heterocycles. The molecule has 0 unspecified atom stereocenters. The zero-order valence-electron chi connectivity index (χ0n) is 6.58. The minimum Gasteiger partial charge on any atom is -0.382 e. The molecule has 1 amide bonds. The molecule has 0 bridgehead atoms. The van der Waals surface area contributed by atoms with Gasteiger partial charge in [0.2, 0.25) is 0 Å². The summed E-state index contributed by atoms with van der Waals surface area (Å²) >= 11 is 0. The highest BCUT2D eigenvalue weighted by Crippen LogP contribution is 2.07. The predicted octanol–water partition coefficient (Wildman–Crippen LogP) is -0.599. The number of likely N-dealkylation sites (tertiary alicyclic amines) is 1. The van der Waals surface area contributed by atoms with Gasteiger partial charge in [-0.05, 0) is 0 Å². The number of hydrogen-bond acceptors (Lipinski definition) is 3. The topological polar surface area (TPSA) is 38.8 Å². The molecule has 11 heavy (non-hydrogen) atoms. The summed E-state index contributed by atoms with van der Waals surface area (Å²) in [6.07, 6.45) is 1.99. The van der Waals surface area contributed by atoms with Gasteiger partial charge in [-0.2, -0.15) is 0 Å². The van der Waals surface area contributed by atoms with Crippen LogP contribution in [0.1, 0.15) is 0 Å². The molecule has 0 saturated carbocycles. The van der Waals surface area contributed by atoms with E-state index in [0.717, 1.165) is 0 Å². The molecule has 0 aliphatic carbocycles. The third kappa shape index (κ3) is 2.48. The van der Waals surface area contributed by atoms with Gasteiger partial charge in [-0.1, -0.05) is 0 Å². The maximum absolute atomic E-state index is 9.98. The van der Waals surface area contributed by atoms with E-state index in [1.54, 1.807) is 18.4 Å². The molecule has 1 aliphatic rings. The SMILES string of the molecule is COCCOC1CN([C]=O)C1. The van der Waals surface area contributed by atoms with Crippen molar-refractivity contribution >= 4 is 6.41 Å². The molecule has 0 aromatic heterocycles. The molecular formula is C7H12NO3. The lowest BCUT2D eigenvalue weighted by atomic mass is 10.2. The molecular weight excluding hydrogens is 146 g/mol. The average Bonchev–Trinajstić information content (AvgIpc) is 1.94. The van der Waals surface area contributed by atoms with Crippen LogP contribution < -0.4 is 0 Å². The molecule has 1 aliphatic heterocycles. The van der Waals surface area contributed by atoms with E-state index in [1.807, 2.05) is 0 Å². The molecule has 4 nitrogen and oxygen atoms in total. The molecule has 1 heterocycles. The van der Waals surface area contributed by atoms with Crippen LogP contribution in [0.25, 0.3) is 0 Å². The fourth-order valence-corrected chi connectivity index (χ4v) is 0.916. The van der Waals surface area contributed by atoms with Crippen LogP contribution in [0, 0.1) is 0 Å². The Bertz CT molecular complexity index is 123. The summed E-state index contributed by atoms with van der Waals surface area (Å²) in [6, 6.07) is 0. The van der Waals surface area contributed by atoms with E-state index >= 15 is 0 Å². The Morgan fingerprint density at radius 1 is 1.55 bits per heavy atom. The Balaban J connectivity index is 1.91. The highest BCUT2D eigenvalue weighted by molar-refractivity contribution is 5.49. The van der Waals surface area contributed by atoms with Gasteiger partial charge >= 0.3 is 6.41 Å². The van der Waals surface area contributed by atoms with Crippen LogP contribution in [0.3, 0.4) is 0 Å². The third-order valence-electron chi connectivity index (χ3n) is 1.62. The zero-order valence-corrected chi connectivity index (χ0v) is 6.58. The van der Waals surface area contributed by atoms with E-state index in [1.165, 1.54) is 0 Å². The van der Waals surface area contributed by atoms with Gasteiger partial charge in [0.25, 0.3) is 0 Å². The van der Waals surface area contributed by atoms with Gasteiger partial charge in [0.05, 0.1) is 19.3 Å². The molecule has 0 aromatic carbocycles. The smallest absolute Gasteiger partial charge is 0.312 e. The molecule has 0 N–H and O–H groups in total. The molecule has 63 valence electrons. The molecule has 0 spiro atoms. The lowest BCUT2D eigenvalue weighted by Crippen LogP contribution is -2.51. The highest BCUT2D eigenvalue weighted by Gasteiger charge is 2.26. The second kappa shape index (κ2) is 4.31. The standard InChI is InChI=1S/C7H12NO3/c1-10-2-3-11-7-4-8(5-7)6-9/h7H,2-5H2,1H3.